The minimum atomic E-state index is -4.44. The zero-order valence-corrected chi connectivity index (χ0v) is 25.4. The Morgan fingerprint density at radius 1 is 1.12 bits per heavy atom. The second kappa shape index (κ2) is 11.2. The number of nitrogens with zero attached hydrogens (tertiary/aromatic N) is 3. The fraction of sp³-hybridized carbons (Fsp3) is 0.484. The SMILES string of the molecule is CS(=O)(=O)c1ccc(N(CC#Cc2cc3c(N)cccc3n2CC(F)(F)F)C2CCC(N3CC4(COC4)C3)CC2)c(Cl)c1. The Hall–Kier alpha value is -2.91. The highest BCUT2D eigenvalue weighted by molar-refractivity contribution is 7.90. The highest BCUT2D eigenvalue weighted by Crippen LogP contribution is 2.42. The Morgan fingerprint density at radius 3 is 2.44 bits per heavy atom. The zero-order valence-electron chi connectivity index (χ0n) is 23.8. The molecule has 12 heteroatoms. The number of hydrogen-bond acceptors (Lipinski definition) is 6. The lowest BCUT2D eigenvalue weighted by Crippen LogP contribution is -2.68. The van der Waals surface area contributed by atoms with E-state index in [-0.39, 0.29) is 23.2 Å². The van der Waals surface area contributed by atoms with Crippen LogP contribution < -0.4 is 10.6 Å². The first-order valence-corrected chi connectivity index (χ1v) is 16.6. The van der Waals surface area contributed by atoms with Crippen LogP contribution in [0.2, 0.25) is 5.02 Å². The number of ether oxygens (including phenoxy) is 1. The fourth-order valence-electron chi connectivity index (χ4n) is 6.72. The number of aromatic nitrogens is 1. The van der Waals surface area contributed by atoms with Crippen molar-refractivity contribution in [2.24, 2.45) is 5.41 Å². The molecule has 1 saturated carbocycles. The molecule has 2 aliphatic heterocycles. The van der Waals surface area contributed by atoms with Gasteiger partial charge in [-0.05, 0) is 68.0 Å². The van der Waals surface area contributed by atoms with Crippen molar-refractivity contribution in [3.8, 4) is 11.8 Å². The van der Waals surface area contributed by atoms with Crippen LogP contribution >= 0.6 is 11.6 Å². The molecule has 0 unspecified atom stereocenters. The Morgan fingerprint density at radius 2 is 1.84 bits per heavy atom. The maximum atomic E-state index is 13.5. The van der Waals surface area contributed by atoms with Crippen molar-refractivity contribution in [3.05, 3.63) is 53.2 Å². The molecule has 43 heavy (non-hydrogen) atoms. The number of rotatable bonds is 6. The Labute approximate surface area is 254 Å². The van der Waals surface area contributed by atoms with Gasteiger partial charge in [-0.1, -0.05) is 23.6 Å². The van der Waals surface area contributed by atoms with Gasteiger partial charge in [0.25, 0.3) is 0 Å². The standard InChI is InChI=1S/C31H34ClF3N4O3S/c1-43(40,41)24-11-12-29(26(32)15-24)38(22-9-7-21(8-10-22)37-16-30(17-37)19-42-20-30)13-3-4-23-14-25-27(36)5-2-6-28(25)39(23)18-31(33,34)35/h2,5-6,11-12,14-15,21-22H,7-10,13,16-20,36H2,1H3. The first-order valence-electron chi connectivity index (χ1n) is 14.3. The summed E-state index contributed by atoms with van der Waals surface area (Å²) in [4.78, 5) is 4.74. The van der Waals surface area contributed by atoms with Crippen molar-refractivity contribution in [1.29, 1.82) is 0 Å². The van der Waals surface area contributed by atoms with Gasteiger partial charge in [-0.25, -0.2) is 8.42 Å². The molecule has 2 saturated heterocycles. The molecule has 2 aromatic carbocycles. The Kier molecular flexibility index (Phi) is 7.86. The quantitative estimate of drug-likeness (QED) is 0.291. The predicted octanol–water partition coefficient (Wildman–Crippen LogP) is 5.34. The summed E-state index contributed by atoms with van der Waals surface area (Å²) in [6.45, 7) is 2.88. The van der Waals surface area contributed by atoms with Crippen LogP contribution in [0.4, 0.5) is 24.5 Å². The molecule has 0 atom stereocenters. The van der Waals surface area contributed by atoms with E-state index in [0.29, 0.717) is 38.8 Å². The van der Waals surface area contributed by atoms with Gasteiger partial charge in [-0.3, -0.25) is 4.90 Å². The number of benzene rings is 2. The molecule has 1 spiro atoms. The minimum Gasteiger partial charge on any atom is -0.398 e. The minimum absolute atomic E-state index is 0.0890. The van der Waals surface area contributed by atoms with Crippen LogP contribution in [-0.4, -0.2) is 75.2 Å². The molecule has 7 nitrogen and oxygen atoms in total. The highest BCUT2D eigenvalue weighted by atomic mass is 35.5. The van der Waals surface area contributed by atoms with E-state index in [2.05, 4.69) is 21.6 Å². The monoisotopic (exact) mass is 634 g/mol. The molecule has 3 fully saturated rings. The van der Waals surface area contributed by atoms with Crippen molar-refractivity contribution in [1.82, 2.24) is 9.47 Å². The summed E-state index contributed by atoms with van der Waals surface area (Å²) in [6, 6.07) is 11.8. The summed E-state index contributed by atoms with van der Waals surface area (Å²) >= 11 is 6.66. The van der Waals surface area contributed by atoms with E-state index in [4.69, 9.17) is 22.1 Å². The molecule has 0 amide bonds. The van der Waals surface area contributed by atoms with Crippen LogP contribution in [0.5, 0.6) is 0 Å². The van der Waals surface area contributed by atoms with Gasteiger partial charge in [0.2, 0.25) is 0 Å². The lowest BCUT2D eigenvalue weighted by Gasteiger charge is -2.58. The van der Waals surface area contributed by atoms with Gasteiger partial charge in [0, 0.05) is 47.9 Å². The van der Waals surface area contributed by atoms with Crippen molar-refractivity contribution in [2.75, 3.05) is 49.7 Å². The fourth-order valence-corrected chi connectivity index (χ4v) is 7.72. The highest BCUT2D eigenvalue weighted by Gasteiger charge is 2.51. The number of alkyl halides is 3. The molecule has 2 N–H and O–H groups in total. The summed E-state index contributed by atoms with van der Waals surface area (Å²) in [5.74, 6) is 6.08. The van der Waals surface area contributed by atoms with Crippen molar-refractivity contribution in [3.63, 3.8) is 0 Å². The maximum absolute atomic E-state index is 13.5. The Balaban J connectivity index is 1.27. The van der Waals surface area contributed by atoms with E-state index in [1.807, 2.05) is 0 Å². The van der Waals surface area contributed by atoms with Gasteiger partial charge in [0.05, 0.1) is 46.6 Å². The van der Waals surface area contributed by atoms with E-state index in [1.165, 1.54) is 12.1 Å². The number of nitrogen functional groups attached to an aromatic ring is 1. The van der Waals surface area contributed by atoms with Crippen LogP contribution in [0.1, 0.15) is 31.4 Å². The third kappa shape index (κ3) is 6.21. The van der Waals surface area contributed by atoms with Crippen LogP contribution in [0.3, 0.4) is 0 Å². The third-order valence-electron chi connectivity index (χ3n) is 8.96. The van der Waals surface area contributed by atoms with Gasteiger partial charge in [-0.15, -0.1) is 0 Å². The first kappa shape index (κ1) is 30.1. The Bertz CT molecular complexity index is 1690. The van der Waals surface area contributed by atoms with Crippen molar-refractivity contribution >= 4 is 43.7 Å². The van der Waals surface area contributed by atoms with E-state index >= 15 is 0 Å². The van der Waals surface area contributed by atoms with Crippen LogP contribution in [0, 0.1) is 17.3 Å². The third-order valence-corrected chi connectivity index (χ3v) is 10.4. The van der Waals surface area contributed by atoms with Crippen molar-refractivity contribution < 1.29 is 26.3 Å². The van der Waals surface area contributed by atoms with Gasteiger partial charge >= 0.3 is 6.18 Å². The van der Waals surface area contributed by atoms with Crippen molar-refractivity contribution in [2.45, 2.75) is 55.4 Å². The van der Waals surface area contributed by atoms with Crippen LogP contribution in [0.15, 0.2) is 47.4 Å². The van der Waals surface area contributed by atoms with Gasteiger partial charge in [-0.2, -0.15) is 13.2 Å². The molecular weight excluding hydrogens is 601 g/mol. The molecular formula is C31H34ClF3N4O3S. The topological polar surface area (TPSA) is 80.8 Å². The molecule has 1 aromatic heterocycles. The van der Waals surface area contributed by atoms with Gasteiger partial charge in [0.15, 0.2) is 9.84 Å². The molecule has 0 bridgehead atoms. The lowest BCUT2D eigenvalue weighted by atomic mass is 9.75. The van der Waals surface area contributed by atoms with E-state index in [0.717, 1.165) is 62.8 Å². The molecule has 6 rings (SSSR count). The van der Waals surface area contributed by atoms with Gasteiger partial charge in [0.1, 0.15) is 6.54 Å². The number of hydrogen-bond donors (Lipinski definition) is 1. The molecule has 1 aliphatic carbocycles. The van der Waals surface area contributed by atoms with Crippen LogP contribution in [0.25, 0.3) is 10.9 Å². The van der Waals surface area contributed by atoms with E-state index in [9.17, 15) is 21.6 Å². The summed E-state index contributed by atoms with van der Waals surface area (Å²) in [6.07, 6.45) is 0.482. The predicted molar refractivity (Wildman–Crippen MR) is 162 cm³/mol. The summed E-state index contributed by atoms with van der Waals surface area (Å²) < 4.78 is 71.4. The molecule has 3 aromatic rings. The maximum Gasteiger partial charge on any atom is 0.406 e. The normalized spacial score (nSPS) is 22.1. The summed E-state index contributed by atoms with van der Waals surface area (Å²) in [7, 11) is -3.45. The number of anilines is 2. The molecule has 230 valence electrons. The zero-order chi connectivity index (χ0) is 30.6. The number of sulfone groups is 1. The lowest BCUT2D eigenvalue weighted by molar-refractivity contribution is -0.200. The summed E-state index contributed by atoms with van der Waals surface area (Å²) in [5, 5.41) is 0.812. The van der Waals surface area contributed by atoms with Crippen LogP contribution in [-0.2, 0) is 21.1 Å². The second-order valence-electron chi connectivity index (χ2n) is 12.2. The average Bonchev–Trinajstić information content (AvgIpc) is 3.22. The number of fused-ring (bicyclic) bond motifs is 1. The van der Waals surface area contributed by atoms with Gasteiger partial charge < -0.3 is 19.9 Å². The largest absolute Gasteiger partial charge is 0.406 e. The first-order chi connectivity index (χ1) is 20.3. The van der Waals surface area contributed by atoms with E-state index < -0.39 is 22.6 Å². The average molecular weight is 635 g/mol. The smallest absolute Gasteiger partial charge is 0.398 e. The van der Waals surface area contributed by atoms with E-state index in [1.54, 1.807) is 30.3 Å². The number of halogens is 4. The molecule has 3 aliphatic rings. The number of likely N-dealkylation sites (tertiary alicyclic amines) is 1. The second-order valence-corrected chi connectivity index (χ2v) is 14.6. The number of nitrogens with two attached hydrogens (primary N) is 1. The summed E-state index contributed by atoms with van der Waals surface area (Å²) in [5.41, 5.74) is 8.05. The molecule has 0 radical (unpaired) electrons. The molecule has 3 heterocycles.